The van der Waals surface area contributed by atoms with Crippen LogP contribution in [0.2, 0.25) is 0 Å². The number of thiophene rings is 1. The minimum atomic E-state index is -0.462. The van der Waals surface area contributed by atoms with Crippen molar-refractivity contribution in [2.45, 2.75) is 6.61 Å². The summed E-state index contributed by atoms with van der Waals surface area (Å²) in [6.07, 6.45) is 0. The lowest BCUT2D eigenvalue weighted by Crippen LogP contribution is -2.08. The number of nitrogen functional groups attached to an aromatic ring is 1. The van der Waals surface area contributed by atoms with Gasteiger partial charge in [0.1, 0.15) is 6.61 Å². The van der Waals surface area contributed by atoms with Gasteiger partial charge in [0.25, 0.3) is 0 Å². The molecular weight excluding hydrogens is 272 g/mol. The van der Waals surface area contributed by atoms with E-state index in [-0.39, 0.29) is 12.3 Å². The zero-order chi connectivity index (χ0) is 13.9. The van der Waals surface area contributed by atoms with E-state index in [0.29, 0.717) is 11.2 Å². The van der Waals surface area contributed by atoms with Gasteiger partial charge in [0.05, 0.1) is 5.52 Å². The molecule has 2 aromatic heterocycles. The van der Waals surface area contributed by atoms with E-state index >= 15 is 0 Å². The van der Waals surface area contributed by atoms with Crippen molar-refractivity contribution in [3.8, 4) is 0 Å². The lowest BCUT2D eigenvalue weighted by atomic mass is 10.1. The Hall–Kier alpha value is -2.40. The molecule has 4 nitrogen and oxygen atoms in total. The zero-order valence-electron chi connectivity index (χ0n) is 10.6. The molecule has 0 fully saturated rings. The van der Waals surface area contributed by atoms with Crippen molar-refractivity contribution in [3.05, 3.63) is 58.4 Å². The predicted molar refractivity (Wildman–Crippen MR) is 79.6 cm³/mol. The molecule has 0 atom stereocenters. The summed E-state index contributed by atoms with van der Waals surface area (Å²) in [6.45, 7) is 0.255. The summed E-state index contributed by atoms with van der Waals surface area (Å²) < 4.78 is 5.23. The number of aromatic nitrogens is 1. The van der Waals surface area contributed by atoms with Crippen LogP contribution in [0.3, 0.4) is 0 Å². The normalized spacial score (nSPS) is 10.6. The molecule has 0 saturated carbocycles. The number of hydrogen-bond acceptors (Lipinski definition) is 5. The fraction of sp³-hybridized carbons (Fsp3) is 0.0667. The highest BCUT2D eigenvalue weighted by atomic mass is 32.1. The summed E-state index contributed by atoms with van der Waals surface area (Å²) >= 11 is 1.54. The largest absolute Gasteiger partial charge is 0.455 e. The van der Waals surface area contributed by atoms with Crippen LogP contribution >= 0.6 is 11.3 Å². The Morgan fingerprint density at radius 1 is 1.25 bits per heavy atom. The molecule has 2 N–H and O–H groups in total. The number of nitrogens with two attached hydrogens (primary N) is 1. The molecule has 0 bridgehead atoms. The lowest BCUT2D eigenvalue weighted by molar-refractivity contribution is 0.0470. The van der Waals surface area contributed by atoms with Crippen molar-refractivity contribution in [2.24, 2.45) is 0 Å². The highest BCUT2D eigenvalue weighted by Gasteiger charge is 2.12. The van der Waals surface area contributed by atoms with E-state index in [9.17, 15) is 4.79 Å². The number of rotatable bonds is 3. The van der Waals surface area contributed by atoms with Gasteiger partial charge in [-0.05, 0) is 23.6 Å². The first-order valence-corrected chi connectivity index (χ1v) is 6.97. The quantitative estimate of drug-likeness (QED) is 0.750. The molecule has 3 aromatic rings. The second-order valence-corrected chi connectivity index (χ2v) is 5.30. The average Bonchev–Trinajstić information content (AvgIpc) is 2.98. The molecular formula is C15H12N2O2S. The predicted octanol–water partition coefficient (Wildman–Crippen LogP) is 3.24. The minimum Gasteiger partial charge on any atom is -0.455 e. The van der Waals surface area contributed by atoms with Crippen LogP contribution in [0.25, 0.3) is 10.9 Å². The highest BCUT2D eigenvalue weighted by molar-refractivity contribution is 7.09. The molecule has 3 rings (SSSR count). The van der Waals surface area contributed by atoms with Gasteiger partial charge in [-0.15, -0.1) is 11.3 Å². The van der Waals surface area contributed by atoms with E-state index in [1.165, 1.54) is 0 Å². The monoisotopic (exact) mass is 284 g/mol. The van der Waals surface area contributed by atoms with Gasteiger partial charge in [0.15, 0.2) is 5.69 Å². The number of esters is 1. The fourth-order valence-corrected chi connectivity index (χ4v) is 2.53. The van der Waals surface area contributed by atoms with Crippen LogP contribution in [-0.4, -0.2) is 11.0 Å². The molecule has 0 aliphatic rings. The maximum Gasteiger partial charge on any atom is 0.357 e. The topological polar surface area (TPSA) is 65.2 Å². The highest BCUT2D eigenvalue weighted by Crippen LogP contribution is 2.20. The van der Waals surface area contributed by atoms with Crippen LogP contribution in [-0.2, 0) is 11.3 Å². The number of nitrogens with zero attached hydrogens (tertiary/aromatic N) is 1. The van der Waals surface area contributed by atoms with Crippen LogP contribution in [0, 0.1) is 0 Å². The van der Waals surface area contributed by atoms with Crippen LogP contribution in [0.5, 0.6) is 0 Å². The number of carbonyl (C=O) groups is 1. The summed E-state index contributed by atoms with van der Waals surface area (Å²) in [4.78, 5) is 17.3. The first kappa shape index (κ1) is 12.6. The van der Waals surface area contributed by atoms with Crippen molar-refractivity contribution < 1.29 is 9.53 Å². The molecule has 0 spiro atoms. The van der Waals surface area contributed by atoms with Gasteiger partial charge in [-0.3, -0.25) is 0 Å². The number of pyridine rings is 1. The Balaban J connectivity index is 1.84. The molecule has 1 aromatic carbocycles. The number of carbonyl (C=O) groups excluding carboxylic acids is 1. The molecule has 0 aliphatic heterocycles. The third kappa shape index (κ3) is 2.48. The maximum absolute atomic E-state index is 12.0. The van der Waals surface area contributed by atoms with Gasteiger partial charge >= 0.3 is 5.97 Å². The van der Waals surface area contributed by atoms with E-state index in [2.05, 4.69) is 4.98 Å². The minimum absolute atomic E-state index is 0.234. The summed E-state index contributed by atoms with van der Waals surface area (Å²) in [7, 11) is 0. The third-order valence-corrected chi connectivity index (χ3v) is 3.73. The fourth-order valence-electron chi connectivity index (χ4n) is 1.91. The maximum atomic E-state index is 12.0. The Bertz CT molecular complexity index is 754. The second-order valence-electron chi connectivity index (χ2n) is 4.27. The van der Waals surface area contributed by atoms with E-state index in [4.69, 9.17) is 10.5 Å². The number of hydrogen-bond donors (Lipinski definition) is 1. The van der Waals surface area contributed by atoms with Gasteiger partial charge in [0, 0.05) is 16.0 Å². The molecule has 20 heavy (non-hydrogen) atoms. The first-order valence-electron chi connectivity index (χ1n) is 6.09. The Morgan fingerprint density at radius 2 is 2.10 bits per heavy atom. The molecule has 2 heterocycles. The van der Waals surface area contributed by atoms with Gasteiger partial charge in [-0.1, -0.05) is 24.3 Å². The molecule has 0 unspecified atom stereocenters. The number of anilines is 1. The van der Waals surface area contributed by atoms with Crippen LogP contribution < -0.4 is 5.73 Å². The first-order chi connectivity index (χ1) is 9.74. The van der Waals surface area contributed by atoms with Crippen LogP contribution in [0.1, 0.15) is 15.4 Å². The smallest absolute Gasteiger partial charge is 0.357 e. The van der Waals surface area contributed by atoms with Crippen LogP contribution in [0.4, 0.5) is 5.69 Å². The summed E-state index contributed by atoms with van der Waals surface area (Å²) in [5.74, 6) is -0.462. The summed E-state index contributed by atoms with van der Waals surface area (Å²) in [6, 6.07) is 12.8. The molecule has 0 amide bonds. The number of ether oxygens (including phenoxy) is 1. The van der Waals surface area contributed by atoms with Gasteiger partial charge in [-0.2, -0.15) is 0 Å². The van der Waals surface area contributed by atoms with E-state index < -0.39 is 5.97 Å². The molecule has 5 heteroatoms. The molecule has 0 saturated heterocycles. The number of fused-ring (bicyclic) bond motifs is 1. The van der Waals surface area contributed by atoms with Crippen molar-refractivity contribution in [1.29, 1.82) is 0 Å². The zero-order valence-corrected chi connectivity index (χ0v) is 11.4. The van der Waals surface area contributed by atoms with E-state index in [1.54, 1.807) is 17.4 Å². The van der Waals surface area contributed by atoms with E-state index in [1.807, 2.05) is 41.8 Å². The Labute approximate surface area is 119 Å². The lowest BCUT2D eigenvalue weighted by Gasteiger charge is -2.06. The van der Waals surface area contributed by atoms with Crippen molar-refractivity contribution >= 4 is 33.9 Å². The number of benzene rings is 1. The Kier molecular flexibility index (Phi) is 3.35. The number of para-hydroxylation sites is 1. The van der Waals surface area contributed by atoms with Crippen LogP contribution in [0.15, 0.2) is 47.8 Å². The Morgan fingerprint density at radius 3 is 2.90 bits per heavy atom. The third-order valence-electron chi connectivity index (χ3n) is 2.88. The second kappa shape index (κ2) is 5.30. The standard InChI is InChI=1S/C15H12N2O2S/c16-12-8-14(17-13-6-2-1-5-11(12)13)15(18)19-9-10-4-3-7-20-10/h1-8H,9H2,(H2,16,17). The average molecular weight is 284 g/mol. The van der Waals surface area contributed by atoms with Crippen molar-refractivity contribution in [2.75, 3.05) is 5.73 Å². The SMILES string of the molecule is Nc1cc(C(=O)OCc2cccs2)nc2ccccc12. The van der Waals surface area contributed by atoms with Gasteiger partial charge < -0.3 is 10.5 Å². The van der Waals surface area contributed by atoms with Gasteiger partial charge in [0.2, 0.25) is 0 Å². The summed E-state index contributed by atoms with van der Waals surface area (Å²) in [5.41, 5.74) is 7.39. The van der Waals surface area contributed by atoms with Crippen molar-refractivity contribution in [1.82, 2.24) is 4.98 Å². The molecule has 0 aliphatic carbocycles. The van der Waals surface area contributed by atoms with Gasteiger partial charge in [-0.25, -0.2) is 9.78 Å². The van der Waals surface area contributed by atoms with E-state index in [0.717, 1.165) is 10.3 Å². The summed E-state index contributed by atoms with van der Waals surface area (Å²) in [5, 5.41) is 2.78. The molecule has 100 valence electrons. The molecule has 0 radical (unpaired) electrons. The van der Waals surface area contributed by atoms with Crippen molar-refractivity contribution in [3.63, 3.8) is 0 Å².